The molecule has 0 saturated heterocycles. The molecule has 32 heavy (non-hydrogen) atoms. The van der Waals surface area contributed by atoms with Crippen molar-refractivity contribution in [3.05, 3.63) is 76.4 Å². The summed E-state index contributed by atoms with van der Waals surface area (Å²) in [4.78, 5) is 13.2. The van der Waals surface area contributed by atoms with Crippen molar-refractivity contribution in [2.45, 2.75) is 31.0 Å². The van der Waals surface area contributed by atoms with Crippen molar-refractivity contribution in [3.8, 4) is 11.1 Å². The highest BCUT2D eigenvalue weighted by Gasteiger charge is 2.25. The highest BCUT2D eigenvalue weighted by molar-refractivity contribution is 9.10. The van der Waals surface area contributed by atoms with Crippen LogP contribution in [0.5, 0.6) is 0 Å². The van der Waals surface area contributed by atoms with Crippen molar-refractivity contribution in [2.24, 2.45) is 5.92 Å². The largest absolute Gasteiger partial charge is 0.333 e. The highest BCUT2D eigenvalue weighted by atomic mass is 79.9. The molecule has 0 aliphatic rings. The lowest BCUT2D eigenvalue weighted by Crippen LogP contribution is -2.14. The zero-order chi connectivity index (χ0) is 22.7. The summed E-state index contributed by atoms with van der Waals surface area (Å²) in [5, 5.41) is 0. The molecule has 0 bridgehead atoms. The molecule has 4 aromatic rings. The number of imidazole rings is 1. The van der Waals surface area contributed by atoms with E-state index in [4.69, 9.17) is 0 Å². The minimum atomic E-state index is -3.87. The summed E-state index contributed by atoms with van der Waals surface area (Å²) in [5.41, 5.74) is 2.60. The van der Waals surface area contributed by atoms with Crippen molar-refractivity contribution in [2.75, 3.05) is 4.72 Å². The van der Waals surface area contributed by atoms with E-state index in [1.807, 2.05) is 41.1 Å². The number of benzene rings is 1. The predicted octanol–water partition coefficient (Wildman–Crippen LogP) is 5.21. The number of thiophene rings is 1. The molecule has 0 spiro atoms. The van der Waals surface area contributed by atoms with Crippen molar-refractivity contribution in [3.63, 3.8) is 0 Å². The monoisotopic (exact) mass is 531 g/mol. The van der Waals surface area contributed by atoms with Gasteiger partial charge in [-0.05, 0) is 51.5 Å². The minimum absolute atomic E-state index is 0.0341. The Bertz CT molecular complexity index is 1300. The molecule has 10 heteroatoms. The molecule has 166 valence electrons. The summed E-state index contributed by atoms with van der Waals surface area (Å²) in [6, 6.07) is 9.91. The second kappa shape index (κ2) is 9.51. The SMILES string of the molecule is CC(C)Cc1cc(-c2cccc(Cn3ccnc3)c2)c(S(=O)(=O)Nc2ncc(Br)cn2)s1. The first-order chi connectivity index (χ1) is 15.3. The average Bonchev–Trinajstić information content (AvgIpc) is 3.40. The molecular weight excluding hydrogens is 510 g/mol. The Labute approximate surface area is 199 Å². The Kier molecular flexibility index (Phi) is 6.73. The summed E-state index contributed by atoms with van der Waals surface area (Å²) in [7, 11) is -3.87. The predicted molar refractivity (Wildman–Crippen MR) is 130 cm³/mol. The zero-order valence-corrected chi connectivity index (χ0v) is 20.8. The fourth-order valence-electron chi connectivity index (χ4n) is 3.29. The van der Waals surface area contributed by atoms with E-state index in [0.29, 0.717) is 22.5 Å². The van der Waals surface area contributed by atoms with Gasteiger partial charge in [0, 0.05) is 41.8 Å². The maximum Gasteiger partial charge on any atom is 0.274 e. The molecule has 3 aromatic heterocycles. The van der Waals surface area contributed by atoms with Gasteiger partial charge in [0.15, 0.2) is 0 Å². The van der Waals surface area contributed by atoms with Crippen LogP contribution in [0, 0.1) is 5.92 Å². The van der Waals surface area contributed by atoms with Crippen LogP contribution in [0.25, 0.3) is 11.1 Å². The van der Waals surface area contributed by atoms with Gasteiger partial charge in [-0.1, -0.05) is 32.0 Å². The van der Waals surface area contributed by atoms with Crippen LogP contribution in [-0.4, -0.2) is 27.9 Å². The standard InChI is InChI=1S/C22H22BrN5O2S2/c1-15(2)8-19-10-20(17-5-3-4-16(9-17)13-28-7-6-24-14-28)21(31-19)32(29,30)27-22-25-11-18(23)12-26-22/h3-7,9-12,14-15H,8,13H2,1-2H3,(H,25,26,27). The van der Waals surface area contributed by atoms with E-state index in [0.717, 1.165) is 22.4 Å². The molecule has 4 rings (SSSR count). The number of sulfonamides is 1. The second-order valence-corrected chi connectivity index (χ2v) is 11.7. The number of hydrogen-bond donors (Lipinski definition) is 1. The molecule has 0 amide bonds. The lowest BCUT2D eigenvalue weighted by Gasteiger charge is -2.09. The van der Waals surface area contributed by atoms with Crippen LogP contribution in [0.1, 0.15) is 24.3 Å². The van der Waals surface area contributed by atoms with Gasteiger partial charge in [0.05, 0.1) is 10.8 Å². The number of hydrogen-bond acceptors (Lipinski definition) is 6. The molecule has 0 aliphatic heterocycles. The lowest BCUT2D eigenvalue weighted by molar-refractivity contribution is 0.603. The quantitative estimate of drug-likeness (QED) is 0.337. The lowest BCUT2D eigenvalue weighted by atomic mass is 10.0. The van der Waals surface area contributed by atoms with Gasteiger partial charge in [0.1, 0.15) is 4.21 Å². The minimum Gasteiger partial charge on any atom is -0.333 e. The molecule has 0 saturated carbocycles. The van der Waals surface area contributed by atoms with E-state index < -0.39 is 10.0 Å². The summed E-state index contributed by atoms with van der Waals surface area (Å²) >= 11 is 4.55. The number of anilines is 1. The Balaban J connectivity index is 1.73. The third-order valence-electron chi connectivity index (χ3n) is 4.61. The third kappa shape index (κ3) is 5.43. The van der Waals surface area contributed by atoms with E-state index in [1.54, 1.807) is 12.5 Å². The number of nitrogens with one attached hydrogen (secondary N) is 1. The number of halogens is 1. The fraction of sp³-hybridized carbons (Fsp3) is 0.227. The van der Waals surface area contributed by atoms with Gasteiger partial charge in [-0.2, -0.15) is 0 Å². The van der Waals surface area contributed by atoms with Crippen molar-refractivity contribution >= 4 is 43.2 Å². The summed E-state index contributed by atoms with van der Waals surface area (Å²) in [6.45, 7) is 4.89. The van der Waals surface area contributed by atoms with Crippen LogP contribution in [0.3, 0.4) is 0 Å². The third-order valence-corrected chi connectivity index (χ3v) is 8.04. The number of aromatic nitrogens is 4. The maximum absolute atomic E-state index is 13.3. The van der Waals surface area contributed by atoms with Crippen LogP contribution in [0.15, 0.2) is 70.1 Å². The van der Waals surface area contributed by atoms with Crippen molar-refractivity contribution < 1.29 is 8.42 Å². The molecule has 0 unspecified atom stereocenters. The molecule has 0 radical (unpaired) electrons. The molecule has 3 heterocycles. The second-order valence-electron chi connectivity index (χ2n) is 7.78. The van der Waals surface area contributed by atoms with E-state index >= 15 is 0 Å². The van der Waals surface area contributed by atoms with Crippen LogP contribution >= 0.6 is 27.3 Å². The van der Waals surface area contributed by atoms with Crippen LogP contribution in [-0.2, 0) is 23.0 Å². The first-order valence-corrected chi connectivity index (χ1v) is 13.1. The van der Waals surface area contributed by atoms with E-state index in [9.17, 15) is 8.42 Å². The topological polar surface area (TPSA) is 89.8 Å². The van der Waals surface area contributed by atoms with Gasteiger partial charge in [0.2, 0.25) is 5.95 Å². The summed E-state index contributed by atoms with van der Waals surface area (Å²) in [5.74, 6) is 0.444. The van der Waals surface area contributed by atoms with Crippen LogP contribution in [0.4, 0.5) is 5.95 Å². The summed E-state index contributed by atoms with van der Waals surface area (Å²) < 4.78 is 32.1. The normalized spacial score (nSPS) is 11.8. The van der Waals surface area contributed by atoms with Crippen molar-refractivity contribution in [1.82, 2.24) is 19.5 Å². The Morgan fingerprint density at radius 1 is 1.19 bits per heavy atom. The van der Waals surface area contributed by atoms with Gasteiger partial charge in [-0.15, -0.1) is 11.3 Å². The van der Waals surface area contributed by atoms with Gasteiger partial charge in [-0.25, -0.2) is 28.1 Å². The van der Waals surface area contributed by atoms with Gasteiger partial charge in [-0.3, -0.25) is 0 Å². The average molecular weight is 532 g/mol. The molecular formula is C22H22BrN5O2S2. The first-order valence-electron chi connectivity index (χ1n) is 9.98. The fourth-order valence-corrected chi connectivity index (χ4v) is 6.40. The van der Waals surface area contributed by atoms with Crippen LogP contribution < -0.4 is 4.72 Å². The molecule has 0 atom stereocenters. The molecule has 1 aromatic carbocycles. The number of nitrogens with zero attached hydrogens (tertiary/aromatic N) is 4. The van der Waals surface area contributed by atoms with Gasteiger partial charge < -0.3 is 4.57 Å². The van der Waals surface area contributed by atoms with E-state index in [1.165, 1.54) is 23.7 Å². The van der Waals surface area contributed by atoms with E-state index in [-0.39, 0.29) is 10.2 Å². The van der Waals surface area contributed by atoms with Crippen LogP contribution in [0.2, 0.25) is 0 Å². The first kappa shape index (κ1) is 22.6. The Morgan fingerprint density at radius 2 is 1.97 bits per heavy atom. The van der Waals surface area contributed by atoms with E-state index in [2.05, 4.69) is 49.5 Å². The Morgan fingerprint density at radius 3 is 2.66 bits per heavy atom. The highest BCUT2D eigenvalue weighted by Crippen LogP contribution is 2.37. The number of rotatable bonds is 8. The van der Waals surface area contributed by atoms with Gasteiger partial charge >= 0.3 is 0 Å². The molecule has 0 fully saturated rings. The molecule has 7 nitrogen and oxygen atoms in total. The van der Waals surface area contributed by atoms with Crippen molar-refractivity contribution in [1.29, 1.82) is 0 Å². The smallest absolute Gasteiger partial charge is 0.274 e. The summed E-state index contributed by atoms with van der Waals surface area (Å²) in [6.07, 6.45) is 9.21. The zero-order valence-electron chi connectivity index (χ0n) is 17.6. The molecule has 1 N–H and O–H groups in total. The maximum atomic E-state index is 13.3. The van der Waals surface area contributed by atoms with Gasteiger partial charge in [0.25, 0.3) is 10.0 Å². The Hall–Kier alpha value is -2.56. The molecule has 0 aliphatic carbocycles.